The van der Waals surface area contributed by atoms with Crippen molar-refractivity contribution in [1.29, 1.82) is 0 Å². The lowest BCUT2D eigenvalue weighted by molar-refractivity contribution is 0.332. The van der Waals surface area contributed by atoms with Crippen molar-refractivity contribution in [2.75, 3.05) is 18.5 Å². The third-order valence-electron chi connectivity index (χ3n) is 2.55. The SMILES string of the molecule is CCOc1ccc(OCC)c(NCc2nnn(C)n2)c1. The van der Waals surface area contributed by atoms with Crippen LogP contribution < -0.4 is 14.8 Å². The summed E-state index contributed by atoms with van der Waals surface area (Å²) in [5.74, 6) is 2.20. The van der Waals surface area contributed by atoms with Crippen LogP contribution in [0.15, 0.2) is 18.2 Å². The van der Waals surface area contributed by atoms with Crippen molar-refractivity contribution >= 4 is 5.69 Å². The van der Waals surface area contributed by atoms with Gasteiger partial charge < -0.3 is 14.8 Å². The van der Waals surface area contributed by atoms with E-state index in [1.54, 1.807) is 7.05 Å². The maximum atomic E-state index is 5.58. The van der Waals surface area contributed by atoms with E-state index >= 15 is 0 Å². The van der Waals surface area contributed by atoms with E-state index in [4.69, 9.17) is 9.47 Å². The molecule has 7 nitrogen and oxygen atoms in total. The van der Waals surface area contributed by atoms with Gasteiger partial charge in [0, 0.05) is 6.07 Å². The average Bonchev–Trinajstić information content (AvgIpc) is 2.85. The first-order chi connectivity index (χ1) is 9.72. The number of nitrogens with zero attached hydrogens (tertiary/aromatic N) is 4. The number of ether oxygens (including phenoxy) is 2. The molecule has 0 radical (unpaired) electrons. The van der Waals surface area contributed by atoms with Crippen molar-refractivity contribution in [1.82, 2.24) is 20.2 Å². The van der Waals surface area contributed by atoms with Gasteiger partial charge in [0.25, 0.3) is 0 Å². The number of nitrogens with one attached hydrogen (secondary N) is 1. The zero-order chi connectivity index (χ0) is 14.4. The number of anilines is 1. The largest absolute Gasteiger partial charge is 0.494 e. The predicted octanol–water partition coefficient (Wildman–Crippen LogP) is 1.62. The lowest BCUT2D eigenvalue weighted by Gasteiger charge is -2.13. The number of aryl methyl sites for hydroxylation is 1. The van der Waals surface area contributed by atoms with E-state index in [2.05, 4.69) is 20.7 Å². The second-order valence-electron chi connectivity index (χ2n) is 4.07. The molecule has 108 valence electrons. The Kier molecular flexibility index (Phi) is 4.75. The van der Waals surface area contributed by atoms with Gasteiger partial charge in [0.15, 0.2) is 5.82 Å². The summed E-state index contributed by atoms with van der Waals surface area (Å²) in [5.41, 5.74) is 0.852. The first kappa shape index (κ1) is 14.1. The predicted molar refractivity (Wildman–Crippen MR) is 74.9 cm³/mol. The van der Waals surface area contributed by atoms with E-state index in [0.717, 1.165) is 17.2 Å². The van der Waals surface area contributed by atoms with Gasteiger partial charge in [0.05, 0.1) is 32.5 Å². The Bertz CT molecular complexity index is 555. The minimum atomic E-state index is 0.476. The molecule has 0 aliphatic heterocycles. The molecule has 1 heterocycles. The normalized spacial score (nSPS) is 10.3. The summed E-state index contributed by atoms with van der Waals surface area (Å²) in [6.07, 6.45) is 0. The van der Waals surface area contributed by atoms with Crippen LogP contribution in [-0.2, 0) is 13.6 Å². The van der Waals surface area contributed by atoms with E-state index in [9.17, 15) is 0 Å². The summed E-state index contributed by atoms with van der Waals surface area (Å²) in [6, 6.07) is 5.69. The molecule has 1 aromatic carbocycles. The fourth-order valence-electron chi connectivity index (χ4n) is 1.75. The number of tetrazole rings is 1. The van der Waals surface area contributed by atoms with E-state index < -0.39 is 0 Å². The monoisotopic (exact) mass is 277 g/mol. The highest BCUT2D eigenvalue weighted by Gasteiger charge is 2.07. The lowest BCUT2D eigenvalue weighted by Crippen LogP contribution is -2.05. The fraction of sp³-hybridized carbons (Fsp3) is 0.462. The van der Waals surface area contributed by atoms with E-state index in [1.807, 2.05) is 32.0 Å². The topological polar surface area (TPSA) is 74.1 Å². The molecule has 0 saturated carbocycles. The molecule has 0 fully saturated rings. The smallest absolute Gasteiger partial charge is 0.193 e. The van der Waals surface area contributed by atoms with Crippen molar-refractivity contribution in [3.8, 4) is 11.5 Å². The molecular formula is C13H19N5O2. The Hall–Kier alpha value is -2.31. The van der Waals surface area contributed by atoms with Crippen molar-refractivity contribution in [2.24, 2.45) is 7.05 Å². The van der Waals surface area contributed by atoms with E-state index in [-0.39, 0.29) is 0 Å². The summed E-state index contributed by atoms with van der Waals surface area (Å²) in [4.78, 5) is 1.43. The number of benzene rings is 1. The van der Waals surface area contributed by atoms with Crippen LogP contribution in [0.25, 0.3) is 0 Å². The molecule has 0 bridgehead atoms. The fourth-order valence-corrected chi connectivity index (χ4v) is 1.75. The van der Waals surface area contributed by atoms with Gasteiger partial charge in [-0.2, -0.15) is 4.80 Å². The van der Waals surface area contributed by atoms with Crippen molar-refractivity contribution in [2.45, 2.75) is 20.4 Å². The van der Waals surface area contributed by atoms with Crippen molar-refractivity contribution in [3.05, 3.63) is 24.0 Å². The van der Waals surface area contributed by atoms with Gasteiger partial charge in [-0.3, -0.25) is 0 Å². The van der Waals surface area contributed by atoms with Crippen LogP contribution in [0.3, 0.4) is 0 Å². The van der Waals surface area contributed by atoms with E-state index in [0.29, 0.717) is 25.6 Å². The summed E-state index contributed by atoms with van der Waals surface area (Å²) in [5, 5.41) is 15.1. The van der Waals surface area contributed by atoms with Gasteiger partial charge in [-0.15, -0.1) is 10.2 Å². The number of hydrogen-bond acceptors (Lipinski definition) is 6. The molecular weight excluding hydrogens is 258 g/mol. The van der Waals surface area contributed by atoms with Gasteiger partial charge >= 0.3 is 0 Å². The molecule has 0 amide bonds. The molecule has 2 aromatic rings. The summed E-state index contributed by atoms with van der Waals surface area (Å²) in [7, 11) is 1.73. The van der Waals surface area contributed by atoms with Crippen LogP contribution in [0, 0.1) is 0 Å². The molecule has 7 heteroatoms. The van der Waals surface area contributed by atoms with Crippen molar-refractivity contribution < 1.29 is 9.47 Å². The second kappa shape index (κ2) is 6.74. The second-order valence-corrected chi connectivity index (χ2v) is 4.07. The van der Waals surface area contributed by atoms with Gasteiger partial charge in [0.2, 0.25) is 0 Å². The molecule has 0 atom stereocenters. The maximum absolute atomic E-state index is 5.58. The number of aromatic nitrogens is 4. The van der Waals surface area contributed by atoms with Crippen LogP contribution >= 0.6 is 0 Å². The first-order valence-corrected chi connectivity index (χ1v) is 6.59. The molecule has 0 aliphatic carbocycles. The van der Waals surface area contributed by atoms with Crippen LogP contribution in [0.4, 0.5) is 5.69 Å². The molecule has 1 aromatic heterocycles. The average molecular weight is 277 g/mol. The maximum Gasteiger partial charge on any atom is 0.193 e. The van der Waals surface area contributed by atoms with Crippen LogP contribution in [0.5, 0.6) is 11.5 Å². The number of hydrogen-bond donors (Lipinski definition) is 1. The van der Waals surface area contributed by atoms with Crippen LogP contribution in [0.1, 0.15) is 19.7 Å². The van der Waals surface area contributed by atoms with Gasteiger partial charge in [-0.05, 0) is 31.2 Å². The highest BCUT2D eigenvalue weighted by molar-refractivity contribution is 5.59. The Morgan fingerprint density at radius 3 is 2.65 bits per heavy atom. The lowest BCUT2D eigenvalue weighted by atomic mass is 10.2. The Balaban J connectivity index is 2.11. The highest BCUT2D eigenvalue weighted by Crippen LogP contribution is 2.29. The summed E-state index contributed by atoms with van der Waals surface area (Å²) >= 11 is 0. The van der Waals surface area contributed by atoms with Gasteiger partial charge in [-0.1, -0.05) is 0 Å². The third kappa shape index (κ3) is 3.59. The number of rotatable bonds is 7. The molecule has 2 rings (SSSR count). The molecule has 0 aliphatic rings. The zero-order valence-electron chi connectivity index (χ0n) is 12.0. The molecule has 0 saturated heterocycles. The van der Waals surface area contributed by atoms with E-state index in [1.165, 1.54) is 4.80 Å². The van der Waals surface area contributed by atoms with Gasteiger partial charge in [-0.25, -0.2) is 0 Å². The molecule has 0 unspecified atom stereocenters. The summed E-state index contributed by atoms with van der Waals surface area (Å²) in [6.45, 7) is 5.60. The first-order valence-electron chi connectivity index (χ1n) is 6.59. The van der Waals surface area contributed by atoms with Gasteiger partial charge in [0.1, 0.15) is 11.5 Å². The van der Waals surface area contributed by atoms with Crippen LogP contribution in [0.2, 0.25) is 0 Å². The Morgan fingerprint density at radius 1 is 1.20 bits per heavy atom. The van der Waals surface area contributed by atoms with Crippen LogP contribution in [-0.4, -0.2) is 33.4 Å². The van der Waals surface area contributed by atoms with Crippen molar-refractivity contribution in [3.63, 3.8) is 0 Å². The highest BCUT2D eigenvalue weighted by atomic mass is 16.5. The molecule has 20 heavy (non-hydrogen) atoms. The third-order valence-corrected chi connectivity index (χ3v) is 2.55. The standard InChI is InChI=1S/C13H19N5O2/c1-4-19-10-6-7-12(20-5-2)11(8-10)14-9-13-15-17-18(3)16-13/h6-8,14H,4-5,9H2,1-3H3. The molecule has 0 spiro atoms. The summed E-state index contributed by atoms with van der Waals surface area (Å²) < 4.78 is 11.1. The quantitative estimate of drug-likeness (QED) is 0.829. The Labute approximate surface area is 117 Å². The Morgan fingerprint density at radius 2 is 2.00 bits per heavy atom. The minimum absolute atomic E-state index is 0.476. The minimum Gasteiger partial charge on any atom is -0.494 e. The molecule has 1 N–H and O–H groups in total. The zero-order valence-corrected chi connectivity index (χ0v) is 12.0.